The molecule has 110 valence electrons. The lowest BCUT2D eigenvalue weighted by atomic mass is 9.96. The van der Waals surface area contributed by atoms with E-state index in [2.05, 4.69) is 28.2 Å². The third-order valence-corrected chi connectivity index (χ3v) is 3.77. The van der Waals surface area contributed by atoms with Gasteiger partial charge in [0.2, 0.25) is 5.91 Å². The highest BCUT2D eigenvalue weighted by molar-refractivity contribution is 5.76. The first-order valence-corrected chi connectivity index (χ1v) is 7.39. The molecule has 2 rings (SSSR count). The van der Waals surface area contributed by atoms with Gasteiger partial charge in [-0.25, -0.2) is 0 Å². The van der Waals surface area contributed by atoms with Crippen LogP contribution >= 0.6 is 0 Å². The maximum absolute atomic E-state index is 11.1. The summed E-state index contributed by atoms with van der Waals surface area (Å²) in [5, 5.41) is 3.37. The fourth-order valence-electron chi connectivity index (χ4n) is 2.55. The van der Waals surface area contributed by atoms with Crippen LogP contribution in [0.2, 0.25) is 0 Å². The molecule has 1 saturated heterocycles. The van der Waals surface area contributed by atoms with Gasteiger partial charge < -0.3 is 11.1 Å². The van der Waals surface area contributed by atoms with E-state index in [1.165, 1.54) is 0 Å². The van der Waals surface area contributed by atoms with E-state index in [1.54, 1.807) is 0 Å². The van der Waals surface area contributed by atoms with E-state index in [4.69, 9.17) is 5.73 Å². The Bertz CT molecular complexity index is 441. The molecule has 1 amide bonds. The molecule has 3 N–H and O–H groups in total. The Kier molecular flexibility index (Phi) is 5.35. The molecule has 1 aliphatic rings. The van der Waals surface area contributed by atoms with Crippen molar-refractivity contribution >= 4 is 11.6 Å². The van der Waals surface area contributed by atoms with Gasteiger partial charge in [0, 0.05) is 30.9 Å². The fourth-order valence-corrected chi connectivity index (χ4v) is 2.55. The molecule has 1 aliphatic heterocycles. The van der Waals surface area contributed by atoms with E-state index in [9.17, 15) is 4.79 Å². The minimum Gasteiger partial charge on any atom is -0.385 e. The molecule has 0 bridgehead atoms. The normalized spacial score (nSPS) is 17.1. The summed E-state index contributed by atoms with van der Waals surface area (Å²) < 4.78 is 0. The van der Waals surface area contributed by atoms with Crippen molar-refractivity contribution in [1.29, 1.82) is 0 Å². The lowest BCUT2D eigenvalue weighted by Crippen LogP contribution is -2.38. The standard InChI is InChI=1S/C15H24N4O/c1-2-6-17-13-3-7-18-14(10-13)11-19-8-4-12(5-9-19)15(16)20/h3,7,10,12H,2,4-6,8-9,11H2,1H3,(H2,16,20)(H,17,18). The predicted octanol–water partition coefficient (Wildman–Crippen LogP) is 1.60. The number of anilines is 1. The summed E-state index contributed by atoms with van der Waals surface area (Å²) in [7, 11) is 0. The number of pyridine rings is 1. The molecule has 0 saturated carbocycles. The van der Waals surface area contributed by atoms with Crippen LogP contribution in [-0.4, -0.2) is 35.4 Å². The third-order valence-electron chi connectivity index (χ3n) is 3.77. The molecule has 0 atom stereocenters. The zero-order valence-electron chi connectivity index (χ0n) is 12.1. The van der Waals surface area contributed by atoms with Crippen LogP contribution in [0.15, 0.2) is 18.3 Å². The largest absolute Gasteiger partial charge is 0.385 e. The maximum Gasteiger partial charge on any atom is 0.220 e. The topological polar surface area (TPSA) is 71.2 Å². The summed E-state index contributed by atoms with van der Waals surface area (Å²) in [6, 6.07) is 4.11. The summed E-state index contributed by atoms with van der Waals surface area (Å²) in [4.78, 5) is 17.9. The molecule has 0 spiro atoms. The second kappa shape index (κ2) is 7.24. The highest BCUT2D eigenvalue weighted by Gasteiger charge is 2.23. The predicted molar refractivity (Wildman–Crippen MR) is 80.2 cm³/mol. The summed E-state index contributed by atoms with van der Waals surface area (Å²) in [6.45, 7) is 5.81. The van der Waals surface area contributed by atoms with Gasteiger partial charge in [0.25, 0.3) is 0 Å². The molecule has 5 nitrogen and oxygen atoms in total. The molecule has 0 unspecified atom stereocenters. The van der Waals surface area contributed by atoms with Crippen LogP contribution in [-0.2, 0) is 11.3 Å². The first-order chi connectivity index (χ1) is 9.69. The van der Waals surface area contributed by atoms with Crippen LogP contribution in [0.25, 0.3) is 0 Å². The van der Waals surface area contributed by atoms with E-state index in [1.807, 2.05) is 12.3 Å². The zero-order chi connectivity index (χ0) is 14.4. The second-order valence-electron chi connectivity index (χ2n) is 5.42. The number of hydrogen-bond donors (Lipinski definition) is 2. The van der Waals surface area contributed by atoms with Crippen LogP contribution in [0.1, 0.15) is 31.9 Å². The number of nitrogens with two attached hydrogens (primary N) is 1. The van der Waals surface area contributed by atoms with Crippen LogP contribution < -0.4 is 11.1 Å². The minimum atomic E-state index is -0.159. The number of likely N-dealkylation sites (tertiary alicyclic amines) is 1. The molecule has 1 aromatic heterocycles. The Morgan fingerprint density at radius 3 is 2.90 bits per heavy atom. The molecule has 1 fully saturated rings. The van der Waals surface area contributed by atoms with Crippen molar-refractivity contribution in [2.24, 2.45) is 11.7 Å². The van der Waals surface area contributed by atoms with Gasteiger partial charge in [0.05, 0.1) is 5.69 Å². The molecular formula is C15H24N4O. The molecule has 1 aromatic rings. The van der Waals surface area contributed by atoms with Gasteiger partial charge in [0.1, 0.15) is 0 Å². The monoisotopic (exact) mass is 276 g/mol. The van der Waals surface area contributed by atoms with Gasteiger partial charge in [0.15, 0.2) is 0 Å². The summed E-state index contributed by atoms with van der Waals surface area (Å²) in [5.41, 5.74) is 7.55. The van der Waals surface area contributed by atoms with Crippen molar-refractivity contribution in [2.75, 3.05) is 25.0 Å². The summed E-state index contributed by atoms with van der Waals surface area (Å²) in [5.74, 6) is -0.106. The van der Waals surface area contributed by atoms with Gasteiger partial charge in [-0.3, -0.25) is 14.7 Å². The molecule has 0 radical (unpaired) electrons. The van der Waals surface area contributed by atoms with Crippen LogP contribution in [0.5, 0.6) is 0 Å². The second-order valence-corrected chi connectivity index (χ2v) is 5.42. The van der Waals surface area contributed by atoms with E-state index in [-0.39, 0.29) is 11.8 Å². The van der Waals surface area contributed by atoms with Crippen molar-refractivity contribution < 1.29 is 4.79 Å². The van der Waals surface area contributed by atoms with Gasteiger partial charge in [-0.2, -0.15) is 0 Å². The number of amides is 1. The average molecular weight is 276 g/mol. The smallest absolute Gasteiger partial charge is 0.220 e. The lowest BCUT2D eigenvalue weighted by molar-refractivity contribution is -0.123. The Morgan fingerprint density at radius 1 is 1.50 bits per heavy atom. The van der Waals surface area contributed by atoms with Crippen molar-refractivity contribution in [3.63, 3.8) is 0 Å². The van der Waals surface area contributed by atoms with Crippen LogP contribution in [0, 0.1) is 5.92 Å². The number of nitrogens with one attached hydrogen (secondary N) is 1. The highest BCUT2D eigenvalue weighted by Crippen LogP contribution is 2.19. The average Bonchev–Trinajstić information content (AvgIpc) is 2.46. The lowest BCUT2D eigenvalue weighted by Gasteiger charge is -2.30. The van der Waals surface area contributed by atoms with Crippen LogP contribution in [0.3, 0.4) is 0 Å². The number of piperidine rings is 1. The number of hydrogen-bond acceptors (Lipinski definition) is 4. The quantitative estimate of drug-likeness (QED) is 0.828. The number of aromatic nitrogens is 1. The van der Waals surface area contributed by atoms with Crippen molar-refractivity contribution in [3.8, 4) is 0 Å². The van der Waals surface area contributed by atoms with E-state index in [0.29, 0.717) is 0 Å². The van der Waals surface area contributed by atoms with Crippen LogP contribution in [0.4, 0.5) is 5.69 Å². The van der Waals surface area contributed by atoms with Crippen molar-refractivity contribution in [1.82, 2.24) is 9.88 Å². The van der Waals surface area contributed by atoms with Gasteiger partial charge >= 0.3 is 0 Å². The molecule has 0 aliphatic carbocycles. The first-order valence-electron chi connectivity index (χ1n) is 7.39. The third kappa shape index (κ3) is 4.20. The Labute approximate surface area is 120 Å². The molecule has 20 heavy (non-hydrogen) atoms. The minimum absolute atomic E-state index is 0.0526. The molecule has 0 aromatic carbocycles. The highest BCUT2D eigenvalue weighted by atomic mass is 16.1. The molecule has 5 heteroatoms. The maximum atomic E-state index is 11.1. The Morgan fingerprint density at radius 2 is 2.25 bits per heavy atom. The van der Waals surface area contributed by atoms with Crippen molar-refractivity contribution in [2.45, 2.75) is 32.7 Å². The van der Waals surface area contributed by atoms with E-state index in [0.717, 1.165) is 56.8 Å². The SMILES string of the molecule is CCCNc1ccnc(CN2CCC(C(N)=O)CC2)c1. The Balaban J connectivity index is 1.86. The van der Waals surface area contributed by atoms with Gasteiger partial charge in [-0.1, -0.05) is 6.92 Å². The Hall–Kier alpha value is -1.62. The zero-order valence-corrected chi connectivity index (χ0v) is 12.1. The van der Waals surface area contributed by atoms with E-state index >= 15 is 0 Å². The van der Waals surface area contributed by atoms with Gasteiger partial charge in [-0.05, 0) is 44.5 Å². The van der Waals surface area contributed by atoms with Crippen molar-refractivity contribution in [3.05, 3.63) is 24.0 Å². The van der Waals surface area contributed by atoms with E-state index < -0.39 is 0 Å². The first kappa shape index (κ1) is 14.8. The van der Waals surface area contributed by atoms with Gasteiger partial charge in [-0.15, -0.1) is 0 Å². The molecular weight excluding hydrogens is 252 g/mol. The molecule has 2 heterocycles. The fraction of sp³-hybridized carbons (Fsp3) is 0.600. The number of carbonyl (C=O) groups is 1. The number of carbonyl (C=O) groups excluding carboxylic acids is 1. The summed E-state index contributed by atoms with van der Waals surface area (Å²) >= 11 is 0. The number of nitrogens with zero attached hydrogens (tertiary/aromatic N) is 2. The number of primary amides is 1. The summed E-state index contributed by atoms with van der Waals surface area (Å²) in [6.07, 6.45) is 4.69. The number of rotatable bonds is 6.